The molecule has 4 aromatic rings. The monoisotopic (exact) mass is 527 g/mol. The Morgan fingerprint density at radius 3 is 2.56 bits per heavy atom. The van der Waals surface area contributed by atoms with Crippen LogP contribution in [0.15, 0.2) is 64.1 Å². The second-order valence-electron chi connectivity index (χ2n) is 9.06. The minimum Gasteiger partial charge on any atom is -0.467 e. The molecule has 36 heavy (non-hydrogen) atoms. The number of nitrogens with zero attached hydrogens (tertiary/aromatic N) is 3. The molecule has 188 valence electrons. The second kappa shape index (κ2) is 9.76. The Morgan fingerprint density at radius 1 is 1.17 bits per heavy atom. The zero-order valence-corrected chi connectivity index (χ0v) is 21.6. The molecule has 1 fully saturated rings. The summed E-state index contributed by atoms with van der Waals surface area (Å²) < 4.78 is 47.2. The van der Waals surface area contributed by atoms with E-state index in [0.717, 1.165) is 33.5 Å². The van der Waals surface area contributed by atoms with Gasteiger partial charge in [0.25, 0.3) is 0 Å². The smallest absolute Gasteiger partial charge is 0.243 e. The van der Waals surface area contributed by atoms with Crippen LogP contribution in [-0.2, 0) is 21.4 Å². The summed E-state index contributed by atoms with van der Waals surface area (Å²) in [4.78, 5) is 20.2. The van der Waals surface area contributed by atoms with E-state index in [9.17, 15) is 17.6 Å². The molecule has 1 aliphatic rings. The Kier molecular flexibility index (Phi) is 6.67. The third kappa shape index (κ3) is 4.80. The van der Waals surface area contributed by atoms with Crippen LogP contribution in [0.1, 0.15) is 29.7 Å². The summed E-state index contributed by atoms with van der Waals surface area (Å²) in [6.07, 6.45) is 2.34. The fourth-order valence-corrected chi connectivity index (χ4v) is 7.09. The van der Waals surface area contributed by atoms with Gasteiger partial charge in [0, 0.05) is 19.0 Å². The maximum atomic E-state index is 13.8. The van der Waals surface area contributed by atoms with Gasteiger partial charge in [0.2, 0.25) is 15.9 Å². The highest BCUT2D eigenvalue weighted by atomic mass is 32.2. The zero-order chi connectivity index (χ0) is 25.4. The van der Waals surface area contributed by atoms with Crippen LogP contribution in [0.4, 0.5) is 9.52 Å². The first kappa shape index (κ1) is 24.6. The Balaban J connectivity index is 1.37. The van der Waals surface area contributed by atoms with Gasteiger partial charge in [-0.05, 0) is 80.3 Å². The van der Waals surface area contributed by atoms with E-state index in [0.29, 0.717) is 23.7 Å². The molecule has 2 aromatic heterocycles. The Hall–Kier alpha value is -3.08. The van der Waals surface area contributed by atoms with Crippen molar-refractivity contribution < 1.29 is 22.0 Å². The summed E-state index contributed by atoms with van der Waals surface area (Å²) in [6, 6.07) is 12.5. The molecule has 7 nitrogen and oxygen atoms in total. The SMILES string of the molecule is Cc1cc(C)c2sc(N(Cc3ccco3)C(=O)C3CCN(S(=O)(=O)c4ccc(F)cc4)CC3)nc2c1. The molecule has 2 aromatic carbocycles. The molecule has 0 spiro atoms. The van der Waals surface area contributed by atoms with E-state index in [1.807, 2.05) is 26.0 Å². The maximum Gasteiger partial charge on any atom is 0.243 e. The van der Waals surface area contributed by atoms with E-state index in [4.69, 9.17) is 9.40 Å². The van der Waals surface area contributed by atoms with Gasteiger partial charge in [-0.25, -0.2) is 17.8 Å². The van der Waals surface area contributed by atoms with Gasteiger partial charge in [-0.3, -0.25) is 9.69 Å². The van der Waals surface area contributed by atoms with Gasteiger partial charge in [0.05, 0.1) is 27.9 Å². The predicted molar refractivity (Wildman–Crippen MR) is 137 cm³/mol. The number of piperidine rings is 1. The minimum atomic E-state index is -3.75. The summed E-state index contributed by atoms with van der Waals surface area (Å²) in [5.41, 5.74) is 3.07. The van der Waals surface area contributed by atoms with Crippen molar-refractivity contribution in [3.63, 3.8) is 0 Å². The molecule has 0 bridgehead atoms. The van der Waals surface area contributed by atoms with Crippen molar-refractivity contribution in [3.05, 3.63) is 77.5 Å². The quantitative estimate of drug-likeness (QED) is 0.341. The summed E-state index contributed by atoms with van der Waals surface area (Å²) in [7, 11) is -3.75. The number of hydrogen-bond donors (Lipinski definition) is 0. The van der Waals surface area contributed by atoms with Gasteiger partial charge in [0.15, 0.2) is 5.13 Å². The van der Waals surface area contributed by atoms with Crippen LogP contribution >= 0.6 is 11.3 Å². The molecule has 0 N–H and O–H groups in total. The summed E-state index contributed by atoms with van der Waals surface area (Å²) in [6.45, 7) is 4.72. The molecular formula is C26H26FN3O4S2. The van der Waals surface area contributed by atoms with Crippen LogP contribution in [0.3, 0.4) is 0 Å². The van der Waals surface area contributed by atoms with E-state index in [1.54, 1.807) is 17.2 Å². The van der Waals surface area contributed by atoms with Crippen molar-refractivity contribution in [2.75, 3.05) is 18.0 Å². The number of anilines is 1. The number of aryl methyl sites for hydroxylation is 2. The number of carbonyl (C=O) groups is 1. The molecule has 3 heterocycles. The standard InChI is InChI=1S/C26H26FN3O4S2/c1-17-14-18(2)24-23(15-17)28-26(35-24)30(16-21-4-3-13-34-21)25(31)19-9-11-29(12-10-19)36(32,33)22-7-5-20(27)6-8-22/h3-8,13-15,19H,9-12,16H2,1-2H3. The van der Waals surface area contributed by atoms with Gasteiger partial charge in [-0.1, -0.05) is 17.4 Å². The van der Waals surface area contributed by atoms with Crippen molar-refractivity contribution in [1.82, 2.24) is 9.29 Å². The predicted octanol–water partition coefficient (Wildman–Crippen LogP) is 5.28. The molecule has 0 saturated carbocycles. The maximum absolute atomic E-state index is 13.8. The number of aromatic nitrogens is 1. The normalized spacial score (nSPS) is 15.4. The number of amides is 1. The molecular weight excluding hydrogens is 501 g/mol. The minimum absolute atomic E-state index is 0.0493. The van der Waals surface area contributed by atoms with Crippen molar-refractivity contribution >= 4 is 42.6 Å². The van der Waals surface area contributed by atoms with E-state index in [1.165, 1.54) is 27.8 Å². The highest BCUT2D eigenvalue weighted by Crippen LogP contribution is 2.35. The van der Waals surface area contributed by atoms with Crippen LogP contribution in [0.25, 0.3) is 10.2 Å². The summed E-state index contributed by atoms with van der Waals surface area (Å²) >= 11 is 1.47. The van der Waals surface area contributed by atoms with Crippen LogP contribution in [-0.4, -0.2) is 36.7 Å². The van der Waals surface area contributed by atoms with Gasteiger partial charge in [0.1, 0.15) is 11.6 Å². The number of fused-ring (bicyclic) bond motifs is 1. The number of benzene rings is 2. The van der Waals surface area contributed by atoms with Crippen LogP contribution in [0, 0.1) is 25.6 Å². The van der Waals surface area contributed by atoms with E-state index >= 15 is 0 Å². The topological polar surface area (TPSA) is 83.7 Å². The Morgan fingerprint density at radius 2 is 1.89 bits per heavy atom. The summed E-state index contributed by atoms with van der Waals surface area (Å²) in [5.74, 6) is -0.296. The number of hydrogen-bond acceptors (Lipinski definition) is 6. The lowest BCUT2D eigenvalue weighted by Gasteiger charge is -2.32. The number of furan rings is 1. The number of carbonyl (C=O) groups excluding carboxylic acids is 1. The number of halogens is 1. The van der Waals surface area contributed by atoms with E-state index in [2.05, 4.69) is 6.07 Å². The third-order valence-electron chi connectivity index (χ3n) is 6.45. The molecule has 10 heteroatoms. The van der Waals surface area contributed by atoms with Crippen molar-refractivity contribution in [2.45, 2.75) is 38.1 Å². The van der Waals surface area contributed by atoms with Crippen molar-refractivity contribution in [1.29, 1.82) is 0 Å². The first-order valence-corrected chi connectivity index (χ1v) is 14.0. The third-order valence-corrected chi connectivity index (χ3v) is 9.60. The average Bonchev–Trinajstić information content (AvgIpc) is 3.52. The first-order chi connectivity index (χ1) is 17.2. The van der Waals surface area contributed by atoms with Crippen LogP contribution in [0.5, 0.6) is 0 Å². The average molecular weight is 528 g/mol. The Bertz CT molecular complexity index is 1490. The lowest BCUT2D eigenvalue weighted by molar-refractivity contribution is -0.123. The van der Waals surface area contributed by atoms with E-state index in [-0.39, 0.29) is 36.4 Å². The van der Waals surface area contributed by atoms with Gasteiger partial charge in [-0.2, -0.15) is 4.31 Å². The van der Waals surface area contributed by atoms with E-state index < -0.39 is 15.8 Å². The second-order valence-corrected chi connectivity index (χ2v) is 12.0. The highest BCUT2D eigenvalue weighted by Gasteiger charge is 2.35. The number of sulfonamides is 1. The fourth-order valence-electron chi connectivity index (χ4n) is 4.60. The molecule has 0 unspecified atom stereocenters. The van der Waals surface area contributed by atoms with Gasteiger partial charge < -0.3 is 4.42 Å². The largest absolute Gasteiger partial charge is 0.467 e. The Labute approximate surface area is 213 Å². The number of thiazole rings is 1. The molecule has 5 rings (SSSR count). The fraction of sp³-hybridized carbons (Fsp3) is 0.308. The first-order valence-electron chi connectivity index (χ1n) is 11.7. The molecule has 0 aliphatic carbocycles. The van der Waals surface area contributed by atoms with Gasteiger partial charge in [-0.15, -0.1) is 0 Å². The van der Waals surface area contributed by atoms with Crippen molar-refractivity contribution in [3.8, 4) is 0 Å². The highest BCUT2D eigenvalue weighted by molar-refractivity contribution is 7.89. The lowest BCUT2D eigenvalue weighted by Crippen LogP contribution is -2.44. The summed E-state index contributed by atoms with van der Waals surface area (Å²) in [5, 5.41) is 0.599. The zero-order valence-electron chi connectivity index (χ0n) is 20.0. The van der Waals surface area contributed by atoms with Crippen LogP contribution in [0.2, 0.25) is 0 Å². The molecule has 0 radical (unpaired) electrons. The van der Waals surface area contributed by atoms with Gasteiger partial charge >= 0.3 is 0 Å². The molecule has 1 aliphatic heterocycles. The number of rotatable bonds is 6. The molecule has 1 amide bonds. The van der Waals surface area contributed by atoms with Crippen molar-refractivity contribution in [2.24, 2.45) is 5.92 Å². The lowest BCUT2D eigenvalue weighted by atomic mass is 9.96. The van der Waals surface area contributed by atoms with Crippen LogP contribution < -0.4 is 4.90 Å². The molecule has 1 saturated heterocycles. The molecule has 0 atom stereocenters.